The normalized spacial score (nSPS) is 13.7. The Hall–Kier alpha value is -4.80. The summed E-state index contributed by atoms with van der Waals surface area (Å²) in [7, 11) is 0. The van der Waals surface area contributed by atoms with E-state index in [0.717, 1.165) is 16.3 Å². The highest BCUT2D eigenvalue weighted by molar-refractivity contribution is 6.38. The first-order valence-corrected chi connectivity index (χ1v) is 16.0. The van der Waals surface area contributed by atoms with Crippen LogP contribution in [0.3, 0.4) is 0 Å². The number of ketones is 3. The Morgan fingerprint density at radius 2 is 1.49 bits per heavy atom. The largest absolute Gasteiger partial charge is 0.369 e. The monoisotopic (exact) mass is 643 g/mol. The molecule has 4 unspecified atom stereocenters. The van der Waals surface area contributed by atoms with Gasteiger partial charge in [-0.15, -0.1) is 0 Å². The van der Waals surface area contributed by atoms with Gasteiger partial charge in [-0.1, -0.05) is 76.6 Å². The predicted octanol–water partition coefficient (Wildman–Crippen LogP) is 3.31. The molecule has 2 aromatic carbocycles. The minimum absolute atomic E-state index is 0.0404. The smallest absolute Gasteiger partial charge is 0.289 e. The van der Waals surface area contributed by atoms with Crippen LogP contribution in [0.1, 0.15) is 64.5 Å². The van der Waals surface area contributed by atoms with Crippen LogP contribution in [0.5, 0.6) is 0 Å². The number of hydrogen-bond acceptors (Lipinski definition) is 8. The molecule has 47 heavy (non-hydrogen) atoms. The number of rotatable bonds is 19. The van der Waals surface area contributed by atoms with E-state index < -0.39 is 59.6 Å². The van der Waals surface area contributed by atoms with Crippen LogP contribution in [0.4, 0.5) is 0 Å². The SMILES string of the molecule is CCC(C)C(NC(=O)C(CC(=O)Cc1cncnc1)CC(C)C)C(=O)C(=O)NCC(=O)CC(Cc1ccc2ccccc2c1)C(N)=O. The van der Waals surface area contributed by atoms with Crippen molar-refractivity contribution in [2.24, 2.45) is 29.4 Å². The molecule has 1 heterocycles. The quantitative estimate of drug-likeness (QED) is 0.167. The van der Waals surface area contributed by atoms with Crippen LogP contribution < -0.4 is 16.4 Å². The van der Waals surface area contributed by atoms with Gasteiger partial charge in [0.1, 0.15) is 12.1 Å². The van der Waals surface area contributed by atoms with Crippen molar-refractivity contribution in [1.29, 1.82) is 0 Å². The maximum absolute atomic E-state index is 13.4. The summed E-state index contributed by atoms with van der Waals surface area (Å²) in [5, 5.41) is 7.13. The molecule has 0 aliphatic rings. The lowest BCUT2D eigenvalue weighted by molar-refractivity contribution is -0.142. The standard InChI is InChI=1S/C36H45N5O6/c1-5-23(4)32(41-35(46)29(12-22(2)3)17-30(42)15-25-18-38-21-39-19-25)33(44)36(47)40-20-31(43)16-28(34(37)45)14-24-10-11-26-8-6-7-9-27(26)13-24/h6-11,13,18-19,21-23,28-29,32H,5,12,14-17,20H2,1-4H3,(H2,37,45)(H,40,47)(H,41,46). The summed E-state index contributed by atoms with van der Waals surface area (Å²) in [5.74, 6) is -5.46. The lowest BCUT2D eigenvalue weighted by Crippen LogP contribution is -2.52. The summed E-state index contributed by atoms with van der Waals surface area (Å²) < 4.78 is 0. The van der Waals surface area contributed by atoms with Crippen molar-refractivity contribution in [3.8, 4) is 0 Å². The molecule has 0 aliphatic carbocycles. The Labute approximate surface area is 275 Å². The maximum atomic E-state index is 13.4. The predicted molar refractivity (Wildman–Crippen MR) is 178 cm³/mol. The fraction of sp³-hybridized carbons (Fsp3) is 0.444. The minimum atomic E-state index is -1.15. The van der Waals surface area contributed by atoms with Crippen molar-refractivity contribution in [3.05, 3.63) is 72.3 Å². The van der Waals surface area contributed by atoms with Crippen molar-refractivity contribution in [1.82, 2.24) is 20.6 Å². The zero-order valence-corrected chi connectivity index (χ0v) is 27.5. The van der Waals surface area contributed by atoms with E-state index in [1.807, 2.05) is 63.2 Å². The first-order valence-electron chi connectivity index (χ1n) is 16.0. The number of carbonyl (C=O) groups excluding carboxylic acids is 6. The second-order valence-electron chi connectivity index (χ2n) is 12.6. The summed E-state index contributed by atoms with van der Waals surface area (Å²) in [6.07, 6.45) is 5.43. The number of hydrogen-bond donors (Lipinski definition) is 3. The zero-order chi connectivity index (χ0) is 34.5. The molecule has 4 atom stereocenters. The second kappa shape index (κ2) is 17.8. The summed E-state index contributed by atoms with van der Waals surface area (Å²) in [6, 6.07) is 12.4. The number of fused-ring (bicyclic) bond motifs is 1. The molecular formula is C36H45N5O6. The minimum Gasteiger partial charge on any atom is -0.369 e. The first kappa shape index (κ1) is 36.7. The summed E-state index contributed by atoms with van der Waals surface area (Å²) in [5.41, 5.74) is 7.09. The number of nitrogens with one attached hydrogen (secondary N) is 2. The number of nitrogens with zero attached hydrogens (tertiary/aromatic N) is 2. The number of carbonyl (C=O) groups is 6. The lowest BCUT2D eigenvalue weighted by Gasteiger charge is -2.26. The van der Waals surface area contributed by atoms with E-state index in [2.05, 4.69) is 20.6 Å². The van der Waals surface area contributed by atoms with E-state index in [9.17, 15) is 28.8 Å². The van der Waals surface area contributed by atoms with Gasteiger partial charge in [-0.3, -0.25) is 28.8 Å². The molecule has 0 saturated heterocycles. The molecule has 4 N–H and O–H groups in total. The highest BCUT2D eigenvalue weighted by Gasteiger charge is 2.34. The number of benzene rings is 2. The molecule has 3 rings (SSSR count). The van der Waals surface area contributed by atoms with Gasteiger partial charge in [-0.2, -0.15) is 0 Å². The highest BCUT2D eigenvalue weighted by atomic mass is 16.2. The Morgan fingerprint density at radius 3 is 2.13 bits per heavy atom. The molecular weight excluding hydrogens is 598 g/mol. The third-order valence-corrected chi connectivity index (χ3v) is 8.25. The van der Waals surface area contributed by atoms with Gasteiger partial charge >= 0.3 is 0 Å². The number of aromatic nitrogens is 2. The van der Waals surface area contributed by atoms with Gasteiger partial charge in [0.25, 0.3) is 5.91 Å². The molecule has 3 aromatic rings. The van der Waals surface area contributed by atoms with Crippen LogP contribution in [-0.4, -0.2) is 57.6 Å². The van der Waals surface area contributed by atoms with Crippen LogP contribution in [0, 0.1) is 23.7 Å². The fourth-order valence-corrected chi connectivity index (χ4v) is 5.50. The average molecular weight is 644 g/mol. The van der Waals surface area contributed by atoms with E-state index in [1.165, 1.54) is 6.33 Å². The summed E-state index contributed by atoms with van der Waals surface area (Å²) in [6.45, 7) is 6.96. The molecule has 0 bridgehead atoms. The van der Waals surface area contributed by atoms with Gasteiger partial charge in [-0.25, -0.2) is 9.97 Å². The third-order valence-electron chi connectivity index (χ3n) is 8.25. The molecule has 11 nitrogen and oxygen atoms in total. The Bertz CT molecular complexity index is 1570. The summed E-state index contributed by atoms with van der Waals surface area (Å²) in [4.78, 5) is 85.3. The van der Waals surface area contributed by atoms with Crippen molar-refractivity contribution >= 4 is 45.8 Å². The van der Waals surface area contributed by atoms with Gasteiger partial charge in [0.05, 0.1) is 12.6 Å². The van der Waals surface area contributed by atoms with Crippen LogP contribution in [-0.2, 0) is 41.6 Å². The van der Waals surface area contributed by atoms with E-state index >= 15 is 0 Å². The van der Waals surface area contributed by atoms with Gasteiger partial charge in [0.2, 0.25) is 17.6 Å². The van der Waals surface area contributed by atoms with Gasteiger partial charge in [0, 0.05) is 43.5 Å². The molecule has 0 fully saturated rings. The van der Waals surface area contributed by atoms with Crippen LogP contribution in [0.15, 0.2) is 61.2 Å². The average Bonchev–Trinajstić information content (AvgIpc) is 3.04. The van der Waals surface area contributed by atoms with Crippen LogP contribution in [0.25, 0.3) is 10.8 Å². The van der Waals surface area contributed by atoms with Crippen molar-refractivity contribution in [2.75, 3.05) is 6.54 Å². The molecule has 11 heteroatoms. The lowest BCUT2D eigenvalue weighted by atomic mass is 9.88. The Morgan fingerprint density at radius 1 is 0.830 bits per heavy atom. The molecule has 0 aliphatic heterocycles. The van der Waals surface area contributed by atoms with Crippen molar-refractivity contribution < 1.29 is 28.8 Å². The van der Waals surface area contributed by atoms with Crippen molar-refractivity contribution in [2.45, 2.75) is 72.3 Å². The number of nitrogens with two attached hydrogens (primary N) is 1. The first-order chi connectivity index (χ1) is 22.4. The van der Waals surface area contributed by atoms with E-state index in [-0.39, 0.29) is 37.4 Å². The number of Topliss-reactive ketones (excluding diaryl/α,β-unsaturated/α-hetero) is 3. The summed E-state index contributed by atoms with van der Waals surface area (Å²) >= 11 is 0. The van der Waals surface area contributed by atoms with E-state index in [0.29, 0.717) is 18.4 Å². The van der Waals surface area contributed by atoms with E-state index in [4.69, 9.17) is 5.73 Å². The number of amides is 3. The second-order valence-corrected chi connectivity index (χ2v) is 12.6. The van der Waals surface area contributed by atoms with Gasteiger partial charge in [-0.05, 0) is 46.6 Å². The van der Waals surface area contributed by atoms with E-state index in [1.54, 1.807) is 19.3 Å². The van der Waals surface area contributed by atoms with Crippen molar-refractivity contribution in [3.63, 3.8) is 0 Å². The molecule has 0 saturated carbocycles. The number of primary amides is 1. The zero-order valence-electron chi connectivity index (χ0n) is 27.5. The highest BCUT2D eigenvalue weighted by Crippen LogP contribution is 2.21. The van der Waals surface area contributed by atoms with Gasteiger partial charge in [0.15, 0.2) is 5.78 Å². The maximum Gasteiger partial charge on any atom is 0.289 e. The molecule has 0 radical (unpaired) electrons. The topological polar surface area (TPSA) is 178 Å². The van der Waals surface area contributed by atoms with Crippen LogP contribution >= 0.6 is 0 Å². The Kier molecular flexibility index (Phi) is 13.9. The Balaban J connectivity index is 1.60. The molecule has 1 aromatic heterocycles. The third kappa shape index (κ3) is 11.5. The molecule has 0 spiro atoms. The molecule has 250 valence electrons. The molecule has 3 amide bonds. The van der Waals surface area contributed by atoms with Gasteiger partial charge < -0.3 is 16.4 Å². The van der Waals surface area contributed by atoms with Crippen LogP contribution in [0.2, 0.25) is 0 Å². The fourth-order valence-electron chi connectivity index (χ4n) is 5.50.